The summed E-state index contributed by atoms with van der Waals surface area (Å²) in [5, 5.41) is 52.2. The van der Waals surface area contributed by atoms with E-state index in [1.165, 1.54) is 14.0 Å². The molecule has 0 aromatic carbocycles. The summed E-state index contributed by atoms with van der Waals surface area (Å²) in [6.45, 7) is -1.37. The van der Waals surface area contributed by atoms with Gasteiger partial charge in [0.2, 0.25) is 0 Å². The van der Waals surface area contributed by atoms with Crippen LogP contribution in [0.1, 0.15) is 6.92 Å². The van der Waals surface area contributed by atoms with E-state index in [4.69, 9.17) is 42.3 Å². The molecule has 21 nitrogen and oxygen atoms in total. The summed E-state index contributed by atoms with van der Waals surface area (Å²) < 4.78 is 108. The quantitative estimate of drug-likeness (QED) is 0.0514. The zero-order valence-electron chi connectivity index (χ0n) is 22.4. The maximum atomic E-state index is 11.3. The minimum atomic E-state index is -4.97. The molecule has 3 fully saturated rings. The van der Waals surface area contributed by atoms with E-state index >= 15 is 0 Å². The van der Waals surface area contributed by atoms with Crippen LogP contribution in [0.15, 0.2) is 0 Å². The fraction of sp³-hybridized carbons (Fsp3) is 0.950. The number of aliphatic hydroxyl groups excluding tert-OH is 5. The zero-order chi connectivity index (χ0) is 32.3. The molecule has 14 atom stereocenters. The summed E-state index contributed by atoms with van der Waals surface area (Å²) in [5.74, 6) is -0.949. The lowest BCUT2D eigenvalue weighted by Gasteiger charge is -2.47. The van der Waals surface area contributed by atoms with Crippen molar-refractivity contribution in [1.82, 2.24) is 0 Å². The number of methoxy groups -OCH3 is 1. The Balaban J connectivity index is 1.77. The van der Waals surface area contributed by atoms with Crippen LogP contribution in [0.5, 0.6) is 0 Å². The number of rotatable bonds is 14. The predicted molar refractivity (Wildman–Crippen MR) is 129 cm³/mol. The minimum Gasteiger partial charge on any atom is -0.390 e. The van der Waals surface area contributed by atoms with Gasteiger partial charge in [-0.25, -0.2) is 8.37 Å². The molecule has 0 aliphatic carbocycles. The Labute approximate surface area is 244 Å². The number of aliphatic hydroxyl groups is 5. The van der Waals surface area contributed by atoms with E-state index in [-0.39, 0.29) is 6.29 Å². The van der Waals surface area contributed by atoms with E-state index in [0.717, 1.165) is 0 Å². The molecule has 0 aromatic rings. The van der Waals surface area contributed by atoms with Crippen LogP contribution < -0.4 is 0 Å². The molecule has 3 rings (SSSR count). The van der Waals surface area contributed by atoms with Gasteiger partial charge in [0.15, 0.2) is 25.2 Å². The normalized spacial score (nSPS) is 42.6. The van der Waals surface area contributed by atoms with Gasteiger partial charge in [0.05, 0.1) is 19.3 Å². The van der Waals surface area contributed by atoms with Crippen LogP contribution in [0, 0.1) is 5.92 Å². The van der Waals surface area contributed by atoms with Crippen molar-refractivity contribution >= 4 is 27.1 Å². The maximum absolute atomic E-state index is 11.3. The second-order valence-electron chi connectivity index (χ2n) is 9.63. The Morgan fingerprint density at radius 3 is 1.79 bits per heavy atom. The smallest absolute Gasteiger partial charge is 0.390 e. The molecule has 0 spiro atoms. The highest BCUT2D eigenvalue weighted by Crippen LogP contribution is 2.35. The third kappa shape index (κ3) is 9.24. The number of ether oxygens (including phenoxy) is 7. The molecule has 0 saturated carbocycles. The molecule has 3 aliphatic heterocycles. The third-order valence-electron chi connectivity index (χ3n) is 6.84. The van der Waals surface area contributed by atoms with Gasteiger partial charge in [-0.05, 0) is 0 Å². The van der Waals surface area contributed by atoms with Gasteiger partial charge in [-0.15, -0.1) is 0 Å². The van der Waals surface area contributed by atoms with E-state index in [0.29, 0.717) is 0 Å². The first kappa shape index (κ1) is 36.4. The Morgan fingerprint density at radius 1 is 0.721 bits per heavy atom. The Bertz CT molecular complexity index is 1120. The maximum Gasteiger partial charge on any atom is 0.397 e. The van der Waals surface area contributed by atoms with Crippen molar-refractivity contribution in [2.24, 2.45) is 5.92 Å². The predicted octanol–water partition coefficient (Wildman–Crippen LogP) is -5.17. The lowest BCUT2D eigenvalue weighted by Crippen LogP contribution is -2.64. The molecular weight excluding hydrogens is 640 g/mol. The van der Waals surface area contributed by atoms with Gasteiger partial charge in [0.1, 0.15) is 61.7 Å². The average Bonchev–Trinajstić information content (AvgIpc) is 3.22. The zero-order valence-corrected chi connectivity index (χ0v) is 24.1. The second kappa shape index (κ2) is 15.0. The topological polar surface area (TPSA) is 310 Å². The Morgan fingerprint density at radius 2 is 1.28 bits per heavy atom. The van der Waals surface area contributed by atoms with E-state index < -0.39 is 127 Å². The monoisotopic (exact) mass is 674 g/mol. The molecule has 0 amide bonds. The largest absolute Gasteiger partial charge is 0.397 e. The van der Waals surface area contributed by atoms with Gasteiger partial charge in [0.25, 0.3) is 0 Å². The number of carbonyl (C=O) groups is 1. The third-order valence-corrected chi connectivity index (χ3v) is 7.71. The molecule has 0 radical (unpaired) electrons. The first-order chi connectivity index (χ1) is 20.0. The molecule has 5 unspecified atom stereocenters. The van der Waals surface area contributed by atoms with Crippen LogP contribution >= 0.6 is 0 Å². The van der Waals surface area contributed by atoms with Gasteiger partial charge >= 0.3 is 20.8 Å². The highest BCUT2D eigenvalue weighted by atomic mass is 32.3. The van der Waals surface area contributed by atoms with Crippen LogP contribution in [-0.4, -0.2) is 165 Å². The molecule has 0 bridgehead atoms. The molecule has 3 heterocycles. The van der Waals surface area contributed by atoms with Crippen LogP contribution in [0.4, 0.5) is 0 Å². The van der Waals surface area contributed by atoms with Crippen molar-refractivity contribution < 1.29 is 97.8 Å². The van der Waals surface area contributed by atoms with Crippen LogP contribution in [-0.2, 0) is 67.1 Å². The van der Waals surface area contributed by atoms with E-state index in [9.17, 15) is 47.2 Å². The highest BCUT2D eigenvalue weighted by Gasteiger charge is 2.54. The summed E-state index contributed by atoms with van der Waals surface area (Å²) in [6, 6.07) is 0. The van der Waals surface area contributed by atoms with Crippen molar-refractivity contribution in [2.45, 2.75) is 86.8 Å². The van der Waals surface area contributed by atoms with Crippen molar-refractivity contribution in [3.05, 3.63) is 0 Å². The fourth-order valence-electron chi connectivity index (χ4n) is 4.70. The summed E-state index contributed by atoms with van der Waals surface area (Å²) in [4.78, 5) is 11.3. The molecule has 23 heteroatoms. The van der Waals surface area contributed by atoms with E-state index in [1.54, 1.807) is 0 Å². The lowest BCUT2D eigenvalue weighted by atomic mass is 9.92. The SMILES string of the molecule is CO[C@@H]1C(COS(=O)(=O)O)O[C@H](O[C@@H]2C(OCO)O[C@@H](O[C@@H]3C(O)[C@H](C=O)O[C@@H]3COS(=O)(=O)O)C(O)[C@H]2O)C(C)[C@H]1O. The van der Waals surface area contributed by atoms with Crippen LogP contribution in [0.25, 0.3) is 0 Å². The van der Waals surface area contributed by atoms with Crippen molar-refractivity contribution in [2.75, 3.05) is 27.1 Å². The van der Waals surface area contributed by atoms with Gasteiger partial charge in [-0.2, -0.15) is 16.8 Å². The number of hydrogen-bond donors (Lipinski definition) is 7. The molecule has 0 aromatic heterocycles. The molecule has 3 saturated heterocycles. The van der Waals surface area contributed by atoms with Crippen LogP contribution in [0.2, 0.25) is 0 Å². The van der Waals surface area contributed by atoms with E-state index in [2.05, 4.69) is 8.37 Å². The van der Waals surface area contributed by atoms with Gasteiger partial charge in [-0.1, -0.05) is 6.92 Å². The fourth-order valence-corrected chi connectivity index (χ4v) is 5.32. The molecule has 43 heavy (non-hydrogen) atoms. The van der Waals surface area contributed by atoms with E-state index in [1.807, 2.05) is 0 Å². The number of carbonyl (C=O) groups excluding carboxylic acids is 1. The average molecular weight is 675 g/mol. The number of hydrogen-bond acceptors (Lipinski definition) is 19. The Kier molecular flexibility index (Phi) is 12.7. The second-order valence-corrected chi connectivity index (χ2v) is 11.8. The molecule has 252 valence electrons. The molecule has 3 aliphatic rings. The van der Waals surface area contributed by atoms with Crippen molar-refractivity contribution in [1.29, 1.82) is 0 Å². The first-order valence-corrected chi connectivity index (χ1v) is 15.2. The number of aldehydes is 1. The Hall–Kier alpha value is -1.07. The standard InChI is InChI=1S/C20H34O21S2/c1-7-11(23)15(33-2)9(4-35-42(27,28)29)38-18(7)40-17-13(25)14(26)19(41-20(17)34-6-22)39-16-10(5-36-43(30,31)32)37-8(3-21)12(16)24/h3,7-20,22-26H,4-6H2,1-2H3,(H,27,28,29)(H,30,31,32)/t7?,8-,9?,10+,11+,12?,13+,14?,15+,16-,17-,18+,19+,20?/m0/s1. The summed E-state index contributed by atoms with van der Waals surface area (Å²) >= 11 is 0. The highest BCUT2D eigenvalue weighted by molar-refractivity contribution is 7.81. The van der Waals surface area contributed by atoms with Gasteiger partial charge in [-0.3, -0.25) is 9.11 Å². The molecule has 7 N–H and O–H groups in total. The van der Waals surface area contributed by atoms with Gasteiger partial charge in [0, 0.05) is 13.0 Å². The van der Waals surface area contributed by atoms with Gasteiger partial charge < -0.3 is 63.5 Å². The summed E-state index contributed by atoms with van der Waals surface area (Å²) in [6.07, 6.45) is -21.0. The summed E-state index contributed by atoms with van der Waals surface area (Å²) in [7, 11) is -8.70. The van der Waals surface area contributed by atoms with Crippen LogP contribution in [0.3, 0.4) is 0 Å². The lowest BCUT2D eigenvalue weighted by molar-refractivity contribution is -0.396. The molecular formula is C20H34O21S2. The first-order valence-electron chi connectivity index (χ1n) is 12.4. The minimum absolute atomic E-state index is 0.172. The van der Waals surface area contributed by atoms with Crippen molar-refractivity contribution in [3.63, 3.8) is 0 Å². The van der Waals surface area contributed by atoms with Crippen molar-refractivity contribution in [3.8, 4) is 0 Å². The summed E-state index contributed by atoms with van der Waals surface area (Å²) in [5.41, 5.74) is 0.